The Hall–Kier alpha value is -3.18. The number of carboxylic acids is 2. The molecule has 0 aromatic rings. The number of rotatable bonds is 23. The molecule has 2 unspecified atom stereocenters. The molecule has 0 saturated heterocycles. The van der Waals surface area contributed by atoms with E-state index in [2.05, 4.69) is 21.3 Å². The van der Waals surface area contributed by atoms with Gasteiger partial charge in [-0.2, -0.15) is 0 Å². The zero-order chi connectivity index (χ0) is 30.5. The SMILES string of the molecule is CC(C)C(NC(=O)CCC(=O)O)C(=O)NCCCCCCCCCCNC(=O)C(NC(=O)CCC(=O)O)C(C)C. The fourth-order valence-electron chi connectivity index (χ4n) is 3.96. The highest BCUT2D eigenvalue weighted by molar-refractivity contribution is 5.89. The van der Waals surface area contributed by atoms with Gasteiger partial charge in [0.05, 0.1) is 12.8 Å². The highest BCUT2D eigenvalue weighted by Crippen LogP contribution is 2.09. The van der Waals surface area contributed by atoms with Crippen LogP contribution in [0, 0.1) is 11.8 Å². The molecule has 0 fully saturated rings. The van der Waals surface area contributed by atoms with Crippen molar-refractivity contribution in [3.05, 3.63) is 0 Å². The van der Waals surface area contributed by atoms with E-state index in [-0.39, 0.29) is 49.3 Å². The van der Waals surface area contributed by atoms with Gasteiger partial charge in [-0.25, -0.2) is 0 Å². The fourth-order valence-corrected chi connectivity index (χ4v) is 3.96. The van der Waals surface area contributed by atoms with Gasteiger partial charge in [0.2, 0.25) is 23.6 Å². The van der Waals surface area contributed by atoms with Crippen molar-refractivity contribution in [3.8, 4) is 0 Å². The van der Waals surface area contributed by atoms with E-state index in [0.717, 1.165) is 51.4 Å². The van der Waals surface area contributed by atoms with E-state index in [0.29, 0.717) is 13.1 Å². The summed E-state index contributed by atoms with van der Waals surface area (Å²) in [5.74, 6) is -3.75. The van der Waals surface area contributed by atoms with Crippen LogP contribution in [0.15, 0.2) is 0 Å². The van der Waals surface area contributed by atoms with Crippen molar-refractivity contribution in [2.24, 2.45) is 11.8 Å². The van der Waals surface area contributed by atoms with E-state index in [1.807, 2.05) is 27.7 Å². The van der Waals surface area contributed by atoms with Gasteiger partial charge in [-0.05, 0) is 24.7 Å². The molecule has 0 aliphatic carbocycles. The van der Waals surface area contributed by atoms with Gasteiger partial charge < -0.3 is 31.5 Å². The summed E-state index contributed by atoms with van der Waals surface area (Å²) in [4.78, 5) is 69.8. The Bertz CT molecular complexity index is 750. The number of nitrogens with one attached hydrogen (secondary N) is 4. The molecule has 12 heteroatoms. The van der Waals surface area contributed by atoms with Gasteiger partial charge in [-0.3, -0.25) is 28.8 Å². The Morgan fingerprint density at radius 1 is 0.500 bits per heavy atom. The summed E-state index contributed by atoms with van der Waals surface area (Å²) in [6.07, 6.45) is 7.00. The third-order valence-electron chi connectivity index (χ3n) is 6.37. The molecule has 0 spiro atoms. The number of aliphatic carboxylic acids is 2. The molecular formula is C28H50N4O8. The van der Waals surface area contributed by atoms with Crippen molar-refractivity contribution >= 4 is 35.6 Å². The summed E-state index contributed by atoms with van der Waals surface area (Å²) >= 11 is 0. The second-order valence-corrected chi connectivity index (χ2v) is 10.8. The van der Waals surface area contributed by atoms with Crippen LogP contribution in [0.5, 0.6) is 0 Å². The minimum atomic E-state index is -1.05. The number of hydrogen-bond donors (Lipinski definition) is 6. The molecule has 0 aromatic carbocycles. The minimum absolute atomic E-state index is 0.116. The summed E-state index contributed by atoms with van der Waals surface area (Å²) in [7, 11) is 0. The summed E-state index contributed by atoms with van der Waals surface area (Å²) in [5.41, 5.74) is 0. The summed E-state index contributed by atoms with van der Waals surface area (Å²) in [6, 6.07) is -1.38. The normalized spacial score (nSPS) is 12.4. The van der Waals surface area contributed by atoms with Gasteiger partial charge in [0.25, 0.3) is 0 Å². The molecule has 2 atom stereocenters. The Balaban J connectivity index is 3.94. The zero-order valence-electron chi connectivity index (χ0n) is 24.6. The number of amides is 4. The molecule has 4 amide bonds. The standard InChI is InChI=1S/C28H50N4O8/c1-19(2)25(31-21(33)13-15-23(35)36)27(39)29-17-11-9-7-5-6-8-10-12-18-30-28(40)26(20(3)4)32-22(34)14-16-24(37)38/h19-20,25-26H,5-18H2,1-4H3,(H,29,39)(H,30,40)(H,31,33)(H,32,34)(H,35,36)(H,37,38). The number of unbranched alkanes of at least 4 members (excludes halogenated alkanes) is 7. The van der Waals surface area contributed by atoms with Crippen LogP contribution in [0.4, 0.5) is 0 Å². The van der Waals surface area contributed by atoms with Crippen molar-refractivity contribution in [3.63, 3.8) is 0 Å². The van der Waals surface area contributed by atoms with Gasteiger partial charge in [-0.15, -0.1) is 0 Å². The van der Waals surface area contributed by atoms with Crippen LogP contribution in [-0.2, 0) is 28.8 Å². The first-order valence-corrected chi connectivity index (χ1v) is 14.4. The molecular weight excluding hydrogens is 520 g/mol. The van der Waals surface area contributed by atoms with Gasteiger partial charge in [0.15, 0.2) is 0 Å². The molecule has 40 heavy (non-hydrogen) atoms. The lowest BCUT2D eigenvalue weighted by Crippen LogP contribution is -2.49. The lowest BCUT2D eigenvalue weighted by molar-refractivity contribution is -0.139. The third-order valence-corrected chi connectivity index (χ3v) is 6.37. The number of carboxylic acid groups (broad SMARTS) is 2. The molecule has 0 heterocycles. The minimum Gasteiger partial charge on any atom is -0.481 e. The van der Waals surface area contributed by atoms with Crippen LogP contribution < -0.4 is 21.3 Å². The van der Waals surface area contributed by atoms with Gasteiger partial charge in [0, 0.05) is 25.9 Å². The molecule has 12 nitrogen and oxygen atoms in total. The first kappa shape index (κ1) is 36.8. The lowest BCUT2D eigenvalue weighted by Gasteiger charge is -2.21. The zero-order valence-corrected chi connectivity index (χ0v) is 24.6. The molecule has 0 radical (unpaired) electrons. The Morgan fingerprint density at radius 2 is 0.800 bits per heavy atom. The van der Waals surface area contributed by atoms with Crippen molar-refractivity contribution < 1.29 is 39.0 Å². The molecule has 0 aliphatic rings. The van der Waals surface area contributed by atoms with E-state index < -0.39 is 35.8 Å². The number of hydrogen-bond acceptors (Lipinski definition) is 6. The van der Waals surface area contributed by atoms with Gasteiger partial charge in [0.1, 0.15) is 12.1 Å². The average molecular weight is 571 g/mol. The summed E-state index contributed by atoms with van der Waals surface area (Å²) < 4.78 is 0. The lowest BCUT2D eigenvalue weighted by atomic mass is 10.0. The molecule has 0 aliphatic heterocycles. The molecule has 0 rings (SSSR count). The van der Waals surface area contributed by atoms with Crippen LogP contribution in [0.2, 0.25) is 0 Å². The number of carbonyl (C=O) groups is 6. The molecule has 0 aromatic heterocycles. The first-order chi connectivity index (χ1) is 18.8. The highest BCUT2D eigenvalue weighted by atomic mass is 16.4. The Labute approximate surface area is 237 Å². The summed E-state index contributed by atoms with van der Waals surface area (Å²) in [5, 5.41) is 28.3. The van der Waals surface area contributed by atoms with E-state index in [4.69, 9.17) is 10.2 Å². The highest BCUT2D eigenvalue weighted by Gasteiger charge is 2.25. The fraction of sp³-hybridized carbons (Fsp3) is 0.786. The topological polar surface area (TPSA) is 191 Å². The van der Waals surface area contributed by atoms with Crippen molar-refractivity contribution in [2.75, 3.05) is 13.1 Å². The van der Waals surface area contributed by atoms with Gasteiger partial charge in [-0.1, -0.05) is 66.2 Å². The van der Waals surface area contributed by atoms with Crippen LogP contribution in [0.3, 0.4) is 0 Å². The van der Waals surface area contributed by atoms with Crippen molar-refractivity contribution in [1.29, 1.82) is 0 Å². The van der Waals surface area contributed by atoms with E-state index in [1.54, 1.807) is 0 Å². The van der Waals surface area contributed by atoms with Crippen LogP contribution in [0.25, 0.3) is 0 Å². The molecule has 6 N–H and O–H groups in total. The summed E-state index contributed by atoms with van der Waals surface area (Å²) in [6.45, 7) is 8.33. The monoisotopic (exact) mass is 570 g/mol. The van der Waals surface area contributed by atoms with E-state index in [1.165, 1.54) is 0 Å². The molecule has 0 bridgehead atoms. The van der Waals surface area contributed by atoms with Crippen molar-refractivity contribution in [2.45, 2.75) is 117 Å². The maximum absolute atomic E-state index is 12.4. The van der Waals surface area contributed by atoms with Gasteiger partial charge >= 0.3 is 11.9 Å². The van der Waals surface area contributed by atoms with Crippen LogP contribution in [0.1, 0.15) is 105 Å². The van der Waals surface area contributed by atoms with Crippen LogP contribution >= 0.6 is 0 Å². The average Bonchev–Trinajstić information content (AvgIpc) is 2.87. The second-order valence-electron chi connectivity index (χ2n) is 10.8. The van der Waals surface area contributed by atoms with Crippen LogP contribution in [-0.4, -0.2) is 71.0 Å². The Morgan fingerprint density at radius 3 is 1.07 bits per heavy atom. The number of carbonyl (C=O) groups excluding carboxylic acids is 4. The predicted octanol–water partition coefficient (Wildman–Crippen LogP) is 2.35. The second kappa shape index (κ2) is 21.6. The first-order valence-electron chi connectivity index (χ1n) is 14.4. The van der Waals surface area contributed by atoms with E-state index >= 15 is 0 Å². The maximum Gasteiger partial charge on any atom is 0.303 e. The predicted molar refractivity (Wildman–Crippen MR) is 150 cm³/mol. The quantitative estimate of drug-likeness (QED) is 0.101. The maximum atomic E-state index is 12.4. The largest absolute Gasteiger partial charge is 0.481 e. The molecule has 0 saturated carbocycles. The Kier molecular flexibility index (Phi) is 19.9. The third kappa shape index (κ3) is 19.0. The van der Waals surface area contributed by atoms with Crippen molar-refractivity contribution in [1.82, 2.24) is 21.3 Å². The smallest absolute Gasteiger partial charge is 0.303 e. The van der Waals surface area contributed by atoms with E-state index in [9.17, 15) is 28.8 Å². The molecule has 230 valence electrons.